The van der Waals surface area contributed by atoms with Crippen molar-refractivity contribution >= 4 is 15.9 Å². The summed E-state index contributed by atoms with van der Waals surface area (Å²) in [6.07, 6.45) is 2.46. The quantitative estimate of drug-likeness (QED) is 0.653. The summed E-state index contributed by atoms with van der Waals surface area (Å²) >= 11 is 0. The lowest BCUT2D eigenvalue weighted by Gasteiger charge is -2.31. The predicted octanol–water partition coefficient (Wildman–Crippen LogP) is 0.581. The molecule has 10 nitrogen and oxygen atoms in total. The van der Waals surface area contributed by atoms with Crippen molar-refractivity contribution < 1.29 is 27.4 Å². The molecule has 0 bridgehead atoms. The summed E-state index contributed by atoms with van der Waals surface area (Å²) in [7, 11) is -2.16. The Bertz CT molecular complexity index is 943. The molecule has 0 aliphatic carbocycles. The van der Waals surface area contributed by atoms with Crippen LogP contribution < -0.4 is 19.9 Å². The fraction of sp³-hybridized carbons (Fsp3) is 0.389. The molecule has 0 radical (unpaired) electrons. The Balaban J connectivity index is 1.58. The number of carbonyl (C=O) groups is 1. The number of aromatic nitrogens is 2. The van der Waals surface area contributed by atoms with Gasteiger partial charge in [0.15, 0.2) is 6.61 Å². The van der Waals surface area contributed by atoms with E-state index in [4.69, 9.17) is 19.9 Å². The first kappa shape index (κ1) is 20.8. The van der Waals surface area contributed by atoms with Crippen LogP contribution in [0.25, 0.3) is 0 Å². The van der Waals surface area contributed by atoms with Crippen LogP contribution >= 0.6 is 0 Å². The monoisotopic (exact) mass is 422 g/mol. The molecule has 2 N–H and O–H groups in total. The average Bonchev–Trinajstić information content (AvgIpc) is 2.73. The molecule has 1 saturated heterocycles. The molecule has 156 valence electrons. The topological polar surface area (TPSA) is 134 Å². The first-order valence-corrected chi connectivity index (χ1v) is 10.4. The van der Waals surface area contributed by atoms with Gasteiger partial charge < -0.3 is 19.9 Å². The molecule has 1 amide bonds. The molecule has 2 heterocycles. The van der Waals surface area contributed by atoms with Crippen LogP contribution in [0.1, 0.15) is 12.8 Å². The van der Waals surface area contributed by atoms with Crippen molar-refractivity contribution in [2.45, 2.75) is 23.8 Å². The largest absolute Gasteiger partial charge is 0.484 e. The van der Waals surface area contributed by atoms with E-state index in [2.05, 4.69) is 9.97 Å². The third kappa shape index (κ3) is 5.33. The SMILES string of the molecule is COc1nccc(OC2CCN(S(=O)(=O)c3ccc(OCC(N)=O)cc3)CC2)n1. The van der Waals surface area contributed by atoms with Gasteiger partial charge in [0.1, 0.15) is 11.9 Å². The van der Waals surface area contributed by atoms with Crippen LogP contribution in [-0.2, 0) is 14.8 Å². The van der Waals surface area contributed by atoms with Gasteiger partial charge in [-0.2, -0.15) is 9.29 Å². The maximum Gasteiger partial charge on any atom is 0.319 e. The van der Waals surface area contributed by atoms with Crippen molar-refractivity contribution in [3.8, 4) is 17.6 Å². The number of rotatable bonds is 8. The summed E-state index contributed by atoms with van der Waals surface area (Å²) in [6, 6.07) is 7.73. The Morgan fingerprint density at radius 2 is 1.90 bits per heavy atom. The van der Waals surface area contributed by atoms with Crippen molar-refractivity contribution in [2.75, 3.05) is 26.8 Å². The highest BCUT2D eigenvalue weighted by molar-refractivity contribution is 7.89. The van der Waals surface area contributed by atoms with Crippen molar-refractivity contribution in [3.63, 3.8) is 0 Å². The minimum Gasteiger partial charge on any atom is -0.484 e. The van der Waals surface area contributed by atoms with E-state index < -0.39 is 15.9 Å². The smallest absolute Gasteiger partial charge is 0.319 e. The van der Waals surface area contributed by atoms with Crippen LogP contribution in [-0.4, -0.2) is 61.5 Å². The normalized spacial score (nSPS) is 15.6. The number of hydrogen-bond acceptors (Lipinski definition) is 8. The summed E-state index contributed by atoms with van der Waals surface area (Å²) in [6.45, 7) is 0.391. The molecule has 1 aliphatic heterocycles. The van der Waals surface area contributed by atoms with Gasteiger partial charge in [0.05, 0.1) is 12.0 Å². The number of sulfonamides is 1. The summed E-state index contributed by atoms with van der Waals surface area (Å²) in [5.41, 5.74) is 5.02. The fourth-order valence-electron chi connectivity index (χ4n) is 2.86. The fourth-order valence-corrected chi connectivity index (χ4v) is 4.33. The number of carbonyl (C=O) groups excluding carboxylic acids is 1. The Labute approximate surface area is 168 Å². The Morgan fingerprint density at radius 3 is 2.52 bits per heavy atom. The number of methoxy groups -OCH3 is 1. The van der Waals surface area contributed by atoms with E-state index in [1.165, 1.54) is 41.9 Å². The molecule has 11 heteroatoms. The van der Waals surface area contributed by atoms with Gasteiger partial charge in [-0.25, -0.2) is 13.4 Å². The van der Waals surface area contributed by atoms with Crippen LogP contribution in [0.3, 0.4) is 0 Å². The zero-order valence-electron chi connectivity index (χ0n) is 15.9. The highest BCUT2D eigenvalue weighted by Crippen LogP contribution is 2.24. The number of nitrogens with zero attached hydrogens (tertiary/aromatic N) is 3. The van der Waals surface area contributed by atoms with Gasteiger partial charge in [0.2, 0.25) is 15.9 Å². The Kier molecular flexibility index (Phi) is 6.49. The maximum atomic E-state index is 12.8. The second kappa shape index (κ2) is 9.05. The zero-order valence-corrected chi connectivity index (χ0v) is 16.7. The van der Waals surface area contributed by atoms with E-state index in [-0.39, 0.29) is 23.6 Å². The van der Waals surface area contributed by atoms with Gasteiger partial charge in [-0.05, 0) is 37.1 Å². The molecule has 1 aromatic carbocycles. The van der Waals surface area contributed by atoms with Gasteiger partial charge in [-0.1, -0.05) is 0 Å². The third-order valence-corrected chi connectivity index (χ3v) is 6.23. The molecule has 1 aromatic heterocycles. The average molecular weight is 422 g/mol. The number of amides is 1. The van der Waals surface area contributed by atoms with E-state index in [9.17, 15) is 13.2 Å². The molecule has 0 spiro atoms. The van der Waals surface area contributed by atoms with Crippen LogP contribution in [0.15, 0.2) is 41.4 Å². The minimum absolute atomic E-state index is 0.148. The molecule has 2 aromatic rings. The molecule has 29 heavy (non-hydrogen) atoms. The summed E-state index contributed by atoms with van der Waals surface area (Å²) in [4.78, 5) is 18.9. The number of benzene rings is 1. The van der Waals surface area contributed by atoms with E-state index >= 15 is 0 Å². The first-order chi connectivity index (χ1) is 13.9. The predicted molar refractivity (Wildman–Crippen MR) is 102 cm³/mol. The summed E-state index contributed by atoms with van der Waals surface area (Å²) in [5, 5.41) is 0. The third-order valence-electron chi connectivity index (χ3n) is 4.32. The number of primary amides is 1. The van der Waals surface area contributed by atoms with Gasteiger partial charge >= 0.3 is 6.01 Å². The second-order valence-electron chi connectivity index (χ2n) is 6.33. The minimum atomic E-state index is -3.63. The van der Waals surface area contributed by atoms with E-state index in [1.54, 1.807) is 6.07 Å². The lowest BCUT2D eigenvalue weighted by molar-refractivity contribution is -0.119. The van der Waals surface area contributed by atoms with Crippen molar-refractivity contribution in [1.82, 2.24) is 14.3 Å². The van der Waals surface area contributed by atoms with Gasteiger partial charge in [0.25, 0.3) is 5.91 Å². The van der Waals surface area contributed by atoms with E-state index in [1.807, 2.05) is 0 Å². The van der Waals surface area contributed by atoms with Crippen molar-refractivity contribution in [2.24, 2.45) is 5.73 Å². The number of nitrogens with two attached hydrogens (primary N) is 1. The number of ether oxygens (including phenoxy) is 3. The van der Waals surface area contributed by atoms with Gasteiger partial charge in [-0.15, -0.1) is 0 Å². The number of piperidine rings is 1. The van der Waals surface area contributed by atoms with Gasteiger partial charge in [0, 0.05) is 25.4 Å². The lowest BCUT2D eigenvalue weighted by Crippen LogP contribution is -2.41. The second-order valence-corrected chi connectivity index (χ2v) is 8.27. The molecular weight excluding hydrogens is 400 g/mol. The summed E-state index contributed by atoms with van der Waals surface area (Å²) in [5.74, 6) is 0.159. The molecule has 1 fully saturated rings. The van der Waals surface area contributed by atoms with Crippen LogP contribution in [0, 0.1) is 0 Å². The molecule has 0 saturated carbocycles. The standard InChI is InChI=1S/C18H22N4O6S/c1-26-18-20-9-6-17(21-18)28-14-7-10-22(11-8-14)29(24,25)15-4-2-13(3-5-15)27-12-16(19)23/h2-6,9,14H,7-8,10-12H2,1H3,(H2,19,23). The molecular formula is C18H22N4O6S. The van der Waals surface area contributed by atoms with E-state index in [0.717, 1.165) is 0 Å². The van der Waals surface area contributed by atoms with Gasteiger partial charge in [-0.3, -0.25) is 4.79 Å². The van der Waals surface area contributed by atoms with Crippen molar-refractivity contribution in [3.05, 3.63) is 36.5 Å². The van der Waals surface area contributed by atoms with Crippen LogP contribution in [0.5, 0.6) is 17.6 Å². The Hall–Kier alpha value is -2.92. The molecule has 1 aliphatic rings. The zero-order chi connectivity index (χ0) is 20.9. The van der Waals surface area contributed by atoms with Crippen molar-refractivity contribution in [1.29, 1.82) is 0 Å². The maximum absolute atomic E-state index is 12.8. The number of hydrogen-bond donors (Lipinski definition) is 1. The van der Waals surface area contributed by atoms with Crippen LogP contribution in [0.4, 0.5) is 0 Å². The lowest BCUT2D eigenvalue weighted by atomic mass is 10.1. The highest BCUT2D eigenvalue weighted by atomic mass is 32.2. The molecule has 0 unspecified atom stereocenters. The van der Waals surface area contributed by atoms with E-state index in [0.29, 0.717) is 37.6 Å². The highest BCUT2D eigenvalue weighted by Gasteiger charge is 2.30. The van der Waals surface area contributed by atoms with Crippen LogP contribution in [0.2, 0.25) is 0 Å². The Morgan fingerprint density at radius 1 is 1.21 bits per heavy atom. The first-order valence-electron chi connectivity index (χ1n) is 8.93. The summed E-state index contributed by atoms with van der Waals surface area (Å²) < 4.78 is 43.1. The molecule has 3 rings (SSSR count). The molecule has 0 atom stereocenters.